The summed E-state index contributed by atoms with van der Waals surface area (Å²) in [7, 11) is 0. The topological polar surface area (TPSA) is 29.1 Å². The molecule has 0 aromatic heterocycles. The lowest BCUT2D eigenvalue weighted by atomic mass is 10.0. The van der Waals surface area contributed by atoms with Crippen LogP contribution in [-0.4, -0.2) is 11.9 Å². The highest BCUT2D eigenvalue weighted by Crippen LogP contribution is 2.18. The van der Waals surface area contributed by atoms with Gasteiger partial charge < -0.3 is 5.32 Å². The van der Waals surface area contributed by atoms with E-state index in [1.807, 2.05) is 31.2 Å². The van der Waals surface area contributed by atoms with Crippen molar-refractivity contribution in [2.45, 2.75) is 32.7 Å². The summed E-state index contributed by atoms with van der Waals surface area (Å²) in [4.78, 5) is 11.9. The van der Waals surface area contributed by atoms with E-state index in [0.717, 1.165) is 12.0 Å². The first-order chi connectivity index (χ1) is 8.70. The van der Waals surface area contributed by atoms with Crippen molar-refractivity contribution < 1.29 is 4.79 Å². The number of hydrogen-bond acceptors (Lipinski definition) is 1. The second-order valence-corrected chi connectivity index (χ2v) is 4.69. The molecule has 94 valence electrons. The molecule has 1 amide bonds. The van der Waals surface area contributed by atoms with Gasteiger partial charge in [0, 0.05) is 6.04 Å². The lowest BCUT2D eigenvalue weighted by molar-refractivity contribution is -0.121. The van der Waals surface area contributed by atoms with Crippen molar-refractivity contribution in [1.82, 2.24) is 5.32 Å². The van der Waals surface area contributed by atoms with E-state index in [-0.39, 0.29) is 11.9 Å². The van der Waals surface area contributed by atoms with Crippen LogP contribution >= 0.6 is 0 Å². The molecular formula is C16H19NO. The molecule has 2 rings (SSSR count). The molecule has 0 saturated carbocycles. The Balaban J connectivity index is 2.19. The van der Waals surface area contributed by atoms with Crippen LogP contribution in [0.2, 0.25) is 0 Å². The Labute approximate surface area is 108 Å². The van der Waals surface area contributed by atoms with E-state index in [4.69, 9.17) is 0 Å². The van der Waals surface area contributed by atoms with Crippen molar-refractivity contribution in [3.63, 3.8) is 0 Å². The average molecular weight is 241 g/mol. The summed E-state index contributed by atoms with van der Waals surface area (Å²) in [5.41, 5.74) is 1.09. The van der Waals surface area contributed by atoms with Crippen LogP contribution in [0, 0.1) is 0 Å². The summed E-state index contributed by atoms with van der Waals surface area (Å²) in [5, 5.41) is 5.36. The zero-order chi connectivity index (χ0) is 13.0. The number of nitrogens with one attached hydrogen (secondary N) is 1. The molecule has 0 bridgehead atoms. The van der Waals surface area contributed by atoms with E-state index in [1.165, 1.54) is 10.8 Å². The van der Waals surface area contributed by atoms with Gasteiger partial charge in [0.05, 0.1) is 6.42 Å². The third kappa shape index (κ3) is 2.89. The summed E-state index contributed by atoms with van der Waals surface area (Å²) in [6, 6.07) is 14.5. The second kappa shape index (κ2) is 5.67. The summed E-state index contributed by atoms with van der Waals surface area (Å²) < 4.78 is 0. The van der Waals surface area contributed by atoms with Gasteiger partial charge in [-0.05, 0) is 29.7 Å². The molecule has 0 aliphatic rings. The number of carbonyl (C=O) groups excluding carboxylic acids is 1. The highest BCUT2D eigenvalue weighted by molar-refractivity contribution is 5.90. The Kier molecular flexibility index (Phi) is 3.98. The van der Waals surface area contributed by atoms with Gasteiger partial charge in [-0.3, -0.25) is 4.79 Å². The molecule has 18 heavy (non-hydrogen) atoms. The fraction of sp³-hybridized carbons (Fsp3) is 0.312. The number of fused-ring (bicyclic) bond motifs is 1. The van der Waals surface area contributed by atoms with Crippen LogP contribution in [0.15, 0.2) is 42.5 Å². The second-order valence-electron chi connectivity index (χ2n) is 4.69. The van der Waals surface area contributed by atoms with Crippen LogP contribution < -0.4 is 5.32 Å². The van der Waals surface area contributed by atoms with Gasteiger partial charge >= 0.3 is 0 Å². The highest BCUT2D eigenvalue weighted by atomic mass is 16.1. The van der Waals surface area contributed by atoms with Crippen molar-refractivity contribution in [3.8, 4) is 0 Å². The molecule has 2 aromatic carbocycles. The van der Waals surface area contributed by atoms with Crippen molar-refractivity contribution in [2.75, 3.05) is 0 Å². The predicted octanol–water partition coefficient (Wildman–Crippen LogP) is 3.30. The normalized spacial score (nSPS) is 12.3. The fourth-order valence-corrected chi connectivity index (χ4v) is 2.05. The van der Waals surface area contributed by atoms with Gasteiger partial charge in [-0.25, -0.2) is 0 Å². The van der Waals surface area contributed by atoms with Crippen molar-refractivity contribution in [1.29, 1.82) is 0 Å². The van der Waals surface area contributed by atoms with E-state index in [9.17, 15) is 4.79 Å². The number of carbonyl (C=O) groups is 1. The minimum atomic E-state index is 0.0979. The number of amides is 1. The van der Waals surface area contributed by atoms with Gasteiger partial charge in [-0.15, -0.1) is 0 Å². The van der Waals surface area contributed by atoms with E-state index < -0.39 is 0 Å². The zero-order valence-electron chi connectivity index (χ0n) is 10.9. The van der Waals surface area contributed by atoms with Crippen LogP contribution in [0.4, 0.5) is 0 Å². The molecule has 2 heteroatoms. The Morgan fingerprint density at radius 1 is 1.17 bits per heavy atom. The van der Waals surface area contributed by atoms with Gasteiger partial charge in [-0.2, -0.15) is 0 Å². The molecule has 0 spiro atoms. The maximum atomic E-state index is 11.9. The Morgan fingerprint density at radius 3 is 2.67 bits per heavy atom. The standard InChI is InChI=1S/C16H19NO/c1-3-12(2)17-16(18)11-14-9-6-8-13-7-4-5-10-15(13)14/h4-10,12H,3,11H2,1-2H3,(H,17,18)/t12-/m0/s1. The van der Waals surface area contributed by atoms with Gasteiger partial charge in [0.1, 0.15) is 0 Å². The average Bonchev–Trinajstić information content (AvgIpc) is 2.39. The molecule has 0 unspecified atom stereocenters. The summed E-state index contributed by atoms with van der Waals surface area (Å²) in [5.74, 6) is 0.0979. The summed E-state index contributed by atoms with van der Waals surface area (Å²) in [6.07, 6.45) is 1.41. The lowest BCUT2D eigenvalue weighted by Crippen LogP contribution is -2.33. The molecule has 1 atom stereocenters. The first-order valence-corrected chi connectivity index (χ1v) is 6.46. The maximum absolute atomic E-state index is 11.9. The van der Waals surface area contributed by atoms with E-state index in [1.54, 1.807) is 0 Å². The van der Waals surface area contributed by atoms with Crippen LogP contribution in [0.25, 0.3) is 10.8 Å². The first kappa shape index (κ1) is 12.6. The molecule has 0 saturated heterocycles. The zero-order valence-corrected chi connectivity index (χ0v) is 10.9. The predicted molar refractivity (Wildman–Crippen MR) is 75.5 cm³/mol. The molecule has 0 aliphatic heterocycles. The monoisotopic (exact) mass is 241 g/mol. The Morgan fingerprint density at radius 2 is 1.89 bits per heavy atom. The number of hydrogen-bond donors (Lipinski definition) is 1. The fourth-order valence-electron chi connectivity index (χ4n) is 2.05. The largest absolute Gasteiger partial charge is 0.353 e. The van der Waals surface area contributed by atoms with Gasteiger partial charge in [0.15, 0.2) is 0 Å². The maximum Gasteiger partial charge on any atom is 0.224 e. The smallest absolute Gasteiger partial charge is 0.224 e. The third-order valence-electron chi connectivity index (χ3n) is 3.25. The highest BCUT2D eigenvalue weighted by Gasteiger charge is 2.08. The molecule has 2 nitrogen and oxygen atoms in total. The molecule has 0 radical (unpaired) electrons. The molecule has 2 aromatic rings. The molecule has 0 aliphatic carbocycles. The van der Waals surface area contributed by atoms with Gasteiger partial charge in [0.2, 0.25) is 5.91 Å². The van der Waals surface area contributed by atoms with Gasteiger partial charge in [-0.1, -0.05) is 49.4 Å². The Bertz CT molecular complexity index is 542. The summed E-state index contributed by atoms with van der Waals surface area (Å²) in [6.45, 7) is 4.10. The third-order valence-corrected chi connectivity index (χ3v) is 3.25. The Hall–Kier alpha value is -1.83. The lowest BCUT2D eigenvalue weighted by Gasteiger charge is -2.12. The van der Waals surface area contributed by atoms with E-state index >= 15 is 0 Å². The van der Waals surface area contributed by atoms with Crippen LogP contribution in [-0.2, 0) is 11.2 Å². The van der Waals surface area contributed by atoms with Gasteiger partial charge in [0.25, 0.3) is 0 Å². The molecular weight excluding hydrogens is 222 g/mol. The summed E-state index contributed by atoms with van der Waals surface area (Å²) >= 11 is 0. The quantitative estimate of drug-likeness (QED) is 0.874. The van der Waals surface area contributed by atoms with Crippen LogP contribution in [0.1, 0.15) is 25.8 Å². The van der Waals surface area contributed by atoms with E-state index in [0.29, 0.717) is 6.42 Å². The molecule has 1 N–H and O–H groups in total. The SMILES string of the molecule is CC[C@H](C)NC(=O)Cc1cccc2ccccc12. The minimum absolute atomic E-state index is 0.0979. The number of rotatable bonds is 4. The van der Waals surface area contributed by atoms with Crippen molar-refractivity contribution in [2.24, 2.45) is 0 Å². The van der Waals surface area contributed by atoms with E-state index in [2.05, 4.69) is 30.4 Å². The minimum Gasteiger partial charge on any atom is -0.353 e. The molecule has 0 heterocycles. The van der Waals surface area contributed by atoms with Crippen molar-refractivity contribution in [3.05, 3.63) is 48.0 Å². The van der Waals surface area contributed by atoms with Crippen LogP contribution in [0.3, 0.4) is 0 Å². The first-order valence-electron chi connectivity index (χ1n) is 6.46. The number of benzene rings is 2. The molecule has 0 fully saturated rings. The van der Waals surface area contributed by atoms with Crippen LogP contribution in [0.5, 0.6) is 0 Å². The van der Waals surface area contributed by atoms with Crippen molar-refractivity contribution >= 4 is 16.7 Å².